The molecule has 15 nitrogen and oxygen atoms in total. The fourth-order valence-corrected chi connectivity index (χ4v) is 5.15. The van der Waals surface area contributed by atoms with E-state index in [1.54, 1.807) is 24.3 Å². The summed E-state index contributed by atoms with van der Waals surface area (Å²) in [6.07, 6.45) is -7.79. The zero-order chi connectivity index (χ0) is 34.4. The molecule has 6 atom stereocenters. The number of ketones is 1. The normalized spacial score (nSPS) is 23.2. The quantitative estimate of drug-likeness (QED) is 0.206. The van der Waals surface area contributed by atoms with Crippen LogP contribution in [0.15, 0.2) is 36.4 Å². The first-order chi connectivity index (χ1) is 22.2. The zero-order valence-electron chi connectivity index (χ0n) is 26.5. The molecule has 252 valence electrons. The Morgan fingerprint density at radius 2 is 1.38 bits per heavy atom. The molecule has 0 spiro atoms. The lowest BCUT2D eigenvalue weighted by Gasteiger charge is -2.44. The second-order valence-electron chi connectivity index (χ2n) is 10.6. The molecule has 2 aliphatic heterocycles. The van der Waals surface area contributed by atoms with Crippen LogP contribution in [0.4, 0.5) is 0 Å². The summed E-state index contributed by atoms with van der Waals surface area (Å²) in [4.78, 5) is 72.5. The lowest BCUT2D eigenvalue weighted by Crippen LogP contribution is -2.63. The van der Waals surface area contributed by atoms with E-state index < -0.39 is 73.3 Å². The summed E-state index contributed by atoms with van der Waals surface area (Å²) in [5.74, 6) is -3.24. The van der Waals surface area contributed by atoms with Crippen LogP contribution in [0.25, 0.3) is 0 Å². The van der Waals surface area contributed by atoms with Gasteiger partial charge < -0.3 is 42.6 Å². The molecule has 1 unspecified atom stereocenters. The van der Waals surface area contributed by atoms with Gasteiger partial charge in [0.15, 0.2) is 18.0 Å². The topological polar surface area (TPSA) is 185 Å². The third kappa shape index (κ3) is 8.76. The number of Topliss-reactive ketones (excluding diaryl/α,β-unsaturated/α-hetero) is 1. The van der Waals surface area contributed by atoms with E-state index in [4.69, 9.17) is 42.6 Å². The SMILES string of the molecule is COc1cc(O[C@@H]2O[C@H](COC(C)=O)[C@@H](OC(C)=O)[C@H](OC(C)=O)[C@H]2OC(C)=O)cc2c1C(=O)CC(c1ccc(OC(C)=O)cc1)O2. The molecule has 47 heavy (non-hydrogen) atoms. The van der Waals surface area contributed by atoms with E-state index in [0.717, 1.165) is 27.7 Å². The number of carbonyl (C=O) groups is 6. The highest BCUT2D eigenvalue weighted by Crippen LogP contribution is 2.43. The first-order valence-electron chi connectivity index (χ1n) is 14.4. The Hall–Kier alpha value is -5.18. The Balaban J connectivity index is 1.70. The Bertz CT molecular complexity index is 1530. The van der Waals surface area contributed by atoms with Crippen molar-refractivity contribution in [2.24, 2.45) is 0 Å². The predicted molar refractivity (Wildman–Crippen MR) is 156 cm³/mol. The van der Waals surface area contributed by atoms with Gasteiger partial charge in [0, 0.05) is 46.8 Å². The fourth-order valence-electron chi connectivity index (χ4n) is 5.15. The smallest absolute Gasteiger partial charge is 0.308 e. The van der Waals surface area contributed by atoms with E-state index in [2.05, 4.69) is 0 Å². The molecule has 15 heteroatoms. The van der Waals surface area contributed by atoms with Crippen molar-refractivity contribution in [2.45, 2.75) is 77.8 Å². The Morgan fingerprint density at radius 3 is 1.96 bits per heavy atom. The van der Waals surface area contributed by atoms with Gasteiger partial charge in [-0.2, -0.15) is 0 Å². The van der Waals surface area contributed by atoms with E-state index >= 15 is 0 Å². The van der Waals surface area contributed by atoms with Crippen molar-refractivity contribution in [1.29, 1.82) is 0 Å². The molecule has 1 fully saturated rings. The Morgan fingerprint density at radius 1 is 0.766 bits per heavy atom. The minimum Gasteiger partial charge on any atom is -0.496 e. The van der Waals surface area contributed by atoms with Crippen LogP contribution in [0.3, 0.4) is 0 Å². The molecule has 2 aromatic carbocycles. The molecular formula is C32H34O15. The number of hydrogen-bond acceptors (Lipinski definition) is 15. The molecule has 2 aliphatic rings. The summed E-state index contributed by atoms with van der Waals surface area (Å²) in [6.45, 7) is 5.31. The van der Waals surface area contributed by atoms with Crippen molar-refractivity contribution >= 4 is 35.6 Å². The van der Waals surface area contributed by atoms with Gasteiger partial charge in [-0.05, 0) is 17.7 Å². The van der Waals surface area contributed by atoms with E-state index in [0.29, 0.717) is 11.3 Å². The molecular weight excluding hydrogens is 624 g/mol. The third-order valence-electron chi connectivity index (χ3n) is 6.89. The first kappa shape index (κ1) is 34.7. The molecule has 2 aromatic rings. The Labute approximate surface area is 269 Å². The molecule has 0 saturated carbocycles. The maximum absolute atomic E-state index is 13.3. The number of fused-ring (bicyclic) bond motifs is 1. The summed E-state index contributed by atoms with van der Waals surface area (Å²) < 4.78 is 50.3. The van der Waals surface area contributed by atoms with Crippen LogP contribution in [0.1, 0.15) is 63.1 Å². The van der Waals surface area contributed by atoms with Crippen LogP contribution < -0.4 is 18.9 Å². The molecule has 2 heterocycles. The fraction of sp³-hybridized carbons (Fsp3) is 0.438. The number of methoxy groups -OCH3 is 1. The van der Waals surface area contributed by atoms with Gasteiger partial charge in [-0.25, -0.2) is 0 Å². The molecule has 4 rings (SSSR count). The lowest BCUT2D eigenvalue weighted by atomic mass is 9.95. The van der Waals surface area contributed by atoms with Gasteiger partial charge in [-0.15, -0.1) is 0 Å². The minimum absolute atomic E-state index is 0.0177. The van der Waals surface area contributed by atoms with Gasteiger partial charge in [0.2, 0.25) is 12.4 Å². The largest absolute Gasteiger partial charge is 0.496 e. The van der Waals surface area contributed by atoms with Crippen molar-refractivity contribution in [2.75, 3.05) is 13.7 Å². The highest BCUT2D eigenvalue weighted by molar-refractivity contribution is 6.03. The highest BCUT2D eigenvalue weighted by Gasteiger charge is 2.53. The molecule has 0 N–H and O–H groups in total. The van der Waals surface area contributed by atoms with Gasteiger partial charge >= 0.3 is 29.8 Å². The average Bonchev–Trinajstić information content (AvgIpc) is 2.98. The number of rotatable bonds is 10. The maximum atomic E-state index is 13.3. The number of benzene rings is 2. The van der Waals surface area contributed by atoms with Crippen molar-refractivity contribution < 1.29 is 71.4 Å². The van der Waals surface area contributed by atoms with E-state index in [-0.39, 0.29) is 35.0 Å². The maximum Gasteiger partial charge on any atom is 0.308 e. The van der Waals surface area contributed by atoms with Crippen LogP contribution in [-0.4, -0.2) is 80.1 Å². The van der Waals surface area contributed by atoms with Crippen molar-refractivity contribution in [3.05, 3.63) is 47.5 Å². The zero-order valence-corrected chi connectivity index (χ0v) is 26.5. The third-order valence-corrected chi connectivity index (χ3v) is 6.89. The van der Waals surface area contributed by atoms with Crippen LogP contribution in [0, 0.1) is 0 Å². The summed E-state index contributed by atoms with van der Waals surface area (Å²) in [7, 11) is 1.35. The van der Waals surface area contributed by atoms with Crippen LogP contribution >= 0.6 is 0 Å². The van der Waals surface area contributed by atoms with Crippen molar-refractivity contribution in [3.8, 4) is 23.0 Å². The standard InChI is InChI=1S/C32H34O15/c1-15(33)40-14-27-29(42-17(3)35)30(43-18(4)36)31(44-19(5)37)32(47-27)45-22-11-25(39-6)28-23(38)13-24(46-26(28)12-22)20-7-9-21(10-8-20)41-16(2)34/h7-12,24,27,29-32H,13-14H2,1-6H3/t24?,27-,29-,30+,31-,32-/m1/s1. The van der Waals surface area contributed by atoms with E-state index in [9.17, 15) is 28.8 Å². The molecule has 1 saturated heterocycles. The average molecular weight is 659 g/mol. The second kappa shape index (κ2) is 14.9. The lowest BCUT2D eigenvalue weighted by molar-refractivity contribution is -0.288. The van der Waals surface area contributed by atoms with Gasteiger partial charge in [0.1, 0.15) is 47.4 Å². The monoisotopic (exact) mass is 658 g/mol. The molecule has 0 bridgehead atoms. The van der Waals surface area contributed by atoms with Gasteiger partial charge in [-0.1, -0.05) is 12.1 Å². The van der Waals surface area contributed by atoms with Crippen molar-refractivity contribution in [1.82, 2.24) is 0 Å². The molecule has 0 aromatic heterocycles. The highest BCUT2D eigenvalue weighted by atomic mass is 16.7. The van der Waals surface area contributed by atoms with Crippen LogP contribution in [0.2, 0.25) is 0 Å². The Kier molecular flexibility index (Phi) is 11.0. The summed E-state index contributed by atoms with van der Waals surface area (Å²) in [5, 5.41) is 0. The van der Waals surface area contributed by atoms with Gasteiger partial charge in [0.25, 0.3) is 0 Å². The number of esters is 5. The van der Waals surface area contributed by atoms with Crippen LogP contribution in [0.5, 0.6) is 23.0 Å². The molecule has 0 aliphatic carbocycles. The van der Waals surface area contributed by atoms with Crippen LogP contribution in [-0.2, 0) is 47.7 Å². The molecule has 0 radical (unpaired) electrons. The predicted octanol–water partition coefficient (Wildman–Crippen LogP) is 2.79. The van der Waals surface area contributed by atoms with Gasteiger partial charge in [0.05, 0.1) is 13.5 Å². The minimum atomic E-state index is -1.53. The number of hydrogen-bond donors (Lipinski definition) is 0. The second-order valence-corrected chi connectivity index (χ2v) is 10.6. The summed E-state index contributed by atoms with van der Waals surface area (Å²) >= 11 is 0. The molecule has 0 amide bonds. The number of ether oxygens (including phenoxy) is 9. The summed E-state index contributed by atoms with van der Waals surface area (Å²) in [6, 6.07) is 9.27. The van der Waals surface area contributed by atoms with Gasteiger partial charge in [-0.3, -0.25) is 28.8 Å². The van der Waals surface area contributed by atoms with Crippen molar-refractivity contribution in [3.63, 3.8) is 0 Å². The number of carbonyl (C=O) groups excluding carboxylic acids is 6. The summed E-state index contributed by atoms with van der Waals surface area (Å²) in [5.41, 5.74) is 0.791. The van der Waals surface area contributed by atoms with E-state index in [1.807, 2.05) is 0 Å². The first-order valence-corrected chi connectivity index (χ1v) is 14.4. The van der Waals surface area contributed by atoms with E-state index in [1.165, 1.54) is 26.2 Å².